The number of carbonyl (C=O) groups is 2. The van der Waals surface area contributed by atoms with Gasteiger partial charge in [-0.3, -0.25) is 4.79 Å². The van der Waals surface area contributed by atoms with Crippen LogP contribution in [0.3, 0.4) is 0 Å². The predicted molar refractivity (Wildman–Crippen MR) is 107 cm³/mol. The molecule has 1 aromatic carbocycles. The van der Waals surface area contributed by atoms with Crippen LogP contribution in [-0.2, 0) is 30.8 Å². The predicted octanol–water partition coefficient (Wildman–Crippen LogP) is 1.84. The van der Waals surface area contributed by atoms with Gasteiger partial charge < -0.3 is 33.7 Å². The highest BCUT2D eigenvalue weighted by molar-refractivity contribution is 5.92. The third kappa shape index (κ3) is 1.95. The third-order valence-corrected chi connectivity index (χ3v) is 8.46. The van der Waals surface area contributed by atoms with Crippen molar-refractivity contribution in [2.45, 2.75) is 61.1 Å². The number of hydrogen-bond acceptors (Lipinski definition) is 7. The van der Waals surface area contributed by atoms with E-state index in [0.717, 1.165) is 18.4 Å². The summed E-state index contributed by atoms with van der Waals surface area (Å²) in [4.78, 5) is 28.4. The molecule has 1 aromatic rings. The van der Waals surface area contributed by atoms with E-state index in [1.165, 1.54) is 7.11 Å². The Hall–Kier alpha value is -2.52. The number of fused-ring (bicyclic) bond motifs is 1. The molecule has 3 heterocycles. The molecule has 4 fully saturated rings. The number of rotatable bonds is 4. The van der Waals surface area contributed by atoms with Crippen LogP contribution in [0.1, 0.15) is 36.8 Å². The number of methoxy groups -OCH3 is 1. The fraction of sp³-hybridized carbons (Fsp3) is 0.652. The lowest BCUT2D eigenvalue weighted by molar-refractivity contribution is -0.275. The molecule has 2 saturated carbocycles. The summed E-state index contributed by atoms with van der Waals surface area (Å²) in [6, 6.07) is 3.32. The van der Waals surface area contributed by atoms with Crippen molar-refractivity contribution in [3.8, 4) is 11.5 Å². The molecular weight excluding hydrogens is 418 g/mol. The van der Waals surface area contributed by atoms with Crippen LogP contribution in [0, 0.1) is 5.92 Å². The summed E-state index contributed by atoms with van der Waals surface area (Å²) < 4.78 is 30.3. The largest absolute Gasteiger partial charge is 0.493 e. The number of carboxylic acids is 1. The topological polar surface area (TPSA) is 104 Å². The maximum Gasteiger partial charge on any atom is 0.410 e. The summed E-state index contributed by atoms with van der Waals surface area (Å²) in [7, 11) is 1.53. The van der Waals surface area contributed by atoms with Crippen LogP contribution in [0.15, 0.2) is 12.1 Å². The van der Waals surface area contributed by atoms with E-state index in [2.05, 4.69) is 0 Å². The van der Waals surface area contributed by atoms with Gasteiger partial charge in [-0.15, -0.1) is 0 Å². The first-order valence-electron chi connectivity index (χ1n) is 11.3. The van der Waals surface area contributed by atoms with Gasteiger partial charge in [0.15, 0.2) is 28.6 Å². The molecule has 32 heavy (non-hydrogen) atoms. The van der Waals surface area contributed by atoms with Gasteiger partial charge in [0.05, 0.1) is 26.4 Å². The molecule has 7 rings (SSSR count). The van der Waals surface area contributed by atoms with E-state index in [9.17, 15) is 14.7 Å². The van der Waals surface area contributed by atoms with Gasteiger partial charge in [0, 0.05) is 18.5 Å². The normalized spacial score (nSPS) is 37.7. The fourth-order valence-electron chi connectivity index (χ4n) is 7.02. The minimum atomic E-state index is -1.65. The molecule has 6 aliphatic rings. The average Bonchev–Trinajstić information content (AvgIpc) is 3.22. The number of benzene rings is 1. The Balaban J connectivity index is 1.51. The third-order valence-electron chi connectivity index (χ3n) is 8.46. The number of carboxylic acid groups (broad SMARTS) is 1. The average molecular weight is 443 g/mol. The molecule has 9 heteroatoms. The molecule has 0 aromatic heterocycles. The molecule has 1 N–H and O–H groups in total. The molecular formula is C23H25NO8. The van der Waals surface area contributed by atoms with Gasteiger partial charge in [-0.25, -0.2) is 4.79 Å². The molecule has 0 radical (unpaired) electrons. The van der Waals surface area contributed by atoms with Crippen LogP contribution in [0.25, 0.3) is 0 Å². The Bertz CT molecular complexity index is 1050. The number of aliphatic carboxylic acids is 1. The quantitative estimate of drug-likeness (QED) is 0.752. The smallest absolute Gasteiger partial charge is 0.410 e. The van der Waals surface area contributed by atoms with Crippen molar-refractivity contribution in [1.29, 1.82) is 0 Å². The molecule has 4 atom stereocenters. The second-order valence-corrected chi connectivity index (χ2v) is 9.82. The molecule has 170 valence electrons. The van der Waals surface area contributed by atoms with Crippen molar-refractivity contribution in [2.75, 3.05) is 26.9 Å². The summed E-state index contributed by atoms with van der Waals surface area (Å²) in [6.45, 7) is 1.32. The van der Waals surface area contributed by atoms with Gasteiger partial charge in [0.1, 0.15) is 0 Å². The number of carbonyl (C=O) groups excluding carboxylic acids is 1. The second kappa shape index (κ2) is 5.88. The summed E-state index contributed by atoms with van der Waals surface area (Å²) in [5, 5.41) is 10.9. The molecule has 3 aliphatic carbocycles. The van der Waals surface area contributed by atoms with Gasteiger partial charge in [-0.05, 0) is 43.2 Å². The van der Waals surface area contributed by atoms with Crippen molar-refractivity contribution >= 4 is 12.1 Å². The van der Waals surface area contributed by atoms with E-state index < -0.39 is 35.0 Å². The zero-order valence-electron chi connectivity index (χ0n) is 17.8. The van der Waals surface area contributed by atoms with Gasteiger partial charge in [-0.2, -0.15) is 0 Å². The summed E-state index contributed by atoms with van der Waals surface area (Å²) >= 11 is 0. The standard InChI is InChI=1S/C23H25NO8/c1-28-14-5-4-13-10-15-21(32-20(27)24(15)11-12-2-3-12)6-7-22(29-8-9-30-22)18-23(21,19(25)26)16(13)17(14)31-18/h4-5,12,15,18H,2-3,6-11H2,1H3,(H,25,26)/t15-,18+,21-,23+/m1/s1. The molecule has 0 unspecified atom stereocenters. The second-order valence-electron chi connectivity index (χ2n) is 9.82. The van der Waals surface area contributed by atoms with E-state index in [1.54, 1.807) is 11.0 Å². The van der Waals surface area contributed by atoms with Crippen molar-refractivity contribution in [3.05, 3.63) is 23.3 Å². The van der Waals surface area contributed by atoms with Gasteiger partial charge in [0.25, 0.3) is 0 Å². The lowest BCUT2D eigenvalue weighted by atomic mass is 9.51. The minimum Gasteiger partial charge on any atom is -0.493 e. The monoisotopic (exact) mass is 443 g/mol. The Morgan fingerprint density at radius 2 is 2.03 bits per heavy atom. The molecule has 9 nitrogen and oxygen atoms in total. The summed E-state index contributed by atoms with van der Waals surface area (Å²) in [6.07, 6.45) is 1.98. The molecule has 2 spiro atoms. The van der Waals surface area contributed by atoms with Crippen LogP contribution >= 0.6 is 0 Å². The van der Waals surface area contributed by atoms with E-state index in [-0.39, 0.29) is 6.04 Å². The summed E-state index contributed by atoms with van der Waals surface area (Å²) in [5.41, 5.74) is -1.52. The van der Waals surface area contributed by atoms with E-state index in [0.29, 0.717) is 62.0 Å². The van der Waals surface area contributed by atoms with Crippen molar-refractivity contribution < 1.29 is 38.4 Å². The lowest BCUT2D eigenvalue weighted by Crippen LogP contribution is -2.77. The first-order chi connectivity index (χ1) is 15.5. The van der Waals surface area contributed by atoms with Crippen LogP contribution < -0.4 is 9.47 Å². The molecule has 0 bridgehead atoms. The zero-order valence-corrected chi connectivity index (χ0v) is 17.8. The van der Waals surface area contributed by atoms with Gasteiger partial charge >= 0.3 is 12.1 Å². The molecule has 2 saturated heterocycles. The first kappa shape index (κ1) is 19.0. The van der Waals surface area contributed by atoms with E-state index >= 15 is 0 Å². The van der Waals surface area contributed by atoms with E-state index in [1.807, 2.05) is 6.07 Å². The van der Waals surface area contributed by atoms with Crippen LogP contribution in [-0.4, -0.2) is 72.5 Å². The Labute approximate surface area is 184 Å². The Morgan fingerprint density at radius 3 is 2.72 bits per heavy atom. The highest BCUT2D eigenvalue weighted by atomic mass is 16.8. The van der Waals surface area contributed by atoms with Crippen LogP contribution in [0.2, 0.25) is 0 Å². The lowest BCUT2D eigenvalue weighted by Gasteiger charge is -2.56. The highest BCUT2D eigenvalue weighted by Crippen LogP contribution is 2.68. The number of hydrogen-bond donors (Lipinski definition) is 1. The molecule has 3 aliphatic heterocycles. The number of amides is 1. The van der Waals surface area contributed by atoms with Crippen molar-refractivity contribution in [3.63, 3.8) is 0 Å². The number of nitrogens with zero attached hydrogens (tertiary/aromatic N) is 1. The maximum atomic E-state index is 13.4. The van der Waals surface area contributed by atoms with Gasteiger partial charge in [0.2, 0.25) is 5.79 Å². The number of ether oxygens (including phenoxy) is 5. The SMILES string of the molecule is COc1ccc2c3c1O[C@H]1C4(CC[C@]5(OC(=O)N(CC6CC6)[C@@H]5C2)[C@@]31C(=O)O)OCCO4. The van der Waals surface area contributed by atoms with Gasteiger partial charge in [-0.1, -0.05) is 6.07 Å². The fourth-order valence-corrected chi connectivity index (χ4v) is 7.02. The maximum absolute atomic E-state index is 13.4. The first-order valence-corrected chi connectivity index (χ1v) is 11.3. The van der Waals surface area contributed by atoms with E-state index in [4.69, 9.17) is 23.7 Å². The van der Waals surface area contributed by atoms with Crippen LogP contribution in [0.4, 0.5) is 4.79 Å². The van der Waals surface area contributed by atoms with Crippen molar-refractivity contribution in [2.24, 2.45) is 5.92 Å². The summed E-state index contributed by atoms with van der Waals surface area (Å²) in [5.74, 6) is -0.978. The Morgan fingerprint density at radius 1 is 1.25 bits per heavy atom. The Kier molecular flexibility index (Phi) is 3.49. The highest BCUT2D eigenvalue weighted by Gasteiger charge is 2.84. The minimum absolute atomic E-state index is 0.326. The molecule has 1 amide bonds. The van der Waals surface area contributed by atoms with Crippen LogP contribution in [0.5, 0.6) is 11.5 Å². The zero-order chi connectivity index (χ0) is 21.9. The van der Waals surface area contributed by atoms with Crippen molar-refractivity contribution in [1.82, 2.24) is 4.90 Å².